The molecule has 3 aromatic rings. The summed E-state index contributed by atoms with van der Waals surface area (Å²) in [6, 6.07) is 14.9. The Morgan fingerprint density at radius 3 is 2.43 bits per heavy atom. The second-order valence-electron chi connectivity index (χ2n) is 6.75. The molecule has 0 fully saturated rings. The number of benzene rings is 2. The van der Waals surface area contributed by atoms with Gasteiger partial charge in [0, 0.05) is 23.1 Å². The van der Waals surface area contributed by atoms with E-state index >= 15 is 0 Å². The number of esters is 1. The summed E-state index contributed by atoms with van der Waals surface area (Å²) in [5, 5.41) is 4.06. The first-order valence-corrected chi connectivity index (χ1v) is 9.73. The lowest BCUT2D eigenvalue weighted by Crippen LogP contribution is -2.18. The van der Waals surface area contributed by atoms with Gasteiger partial charge in [-0.05, 0) is 56.2 Å². The summed E-state index contributed by atoms with van der Waals surface area (Å²) in [5.41, 5.74) is 3.85. The molecule has 1 N–H and O–H groups in total. The number of amides is 1. The molecule has 0 radical (unpaired) electrons. The van der Waals surface area contributed by atoms with Crippen LogP contribution >= 0.6 is 0 Å². The number of ether oxygens (including phenoxy) is 1. The van der Waals surface area contributed by atoms with Crippen LogP contribution in [0.3, 0.4) is 0 Å². The van der Waals surface area contributed by atoms with Crippen molar-refractivity contribution in [1.29, 1.82) is 0 Å². The third kappa shape index (κ3) is 3.93. The van der Waals surface area contributed by atoms with Gasteiger partial charge in [-0.25, -0.2) is 4.79 Å². The fourth-order valence-electron chi connectivity index (χ4n) is 3.41. The lowest BCUT2D eigenvalue weighted by molar-refractivity contribution is 0.0526. The highest BCUT2D eigenvalue weighted by atomic mass is 16.5. The molecule has 0 aliphatic rings. The van der Waals surface area contributed by atoms with E-state index in [1.807, 2.05) is 19.1 Å². The number of para-hydroxylation sites is 1. The maximum Gasteiger partial charge on any atom is 0.338 e. The molecule has 1 aromatic heterocycles. The van der Waals surface area contributed by atoms with Crippen LogP contribution in [0.1, 0.15) is 53.1 Å². The van der Waals surface area contributed by atoms with E-state index in [0.29, 0.717) is 23.6 Å². The molecule has 2 aromatic carbocycles. The van der Waals surface area contributed by atoms with Crippen molar-refractivity contribution in [3.05, 3.63) is 65.4 Å². The summed E-state index contributed by atoms with van der Waals surface area (Å²) in [5.74, 6) is -0.510. The van der Waals surface area contributed by atoms with E-state index in [-0.39, 0.29) is 11.9 Å². The van der Waals surface area contributed by atoms with Crippen LogP contribution < -0.4 is 5.32 Å². The van der Waals surface area contributed by atoms with Crippen LogP contribution in [-0.4, -0.2) is 23.1 Å². The van der Waals surface area contributed by atoms with Crippen molar-refractivity contribution in [2.75, 3.05) is 11.9 Å². The number of unbranched alkanes of at least 4 members (excludes halogenated alkanes) is 1. The number of hydrogen-bond donors (Lipinski definition) is 1. The fourth-order valence-corrected chi connectivity index (χ4v) is 3.41. The molecular formula is C23H26N2O3. The van der Waals surface area contributed by atoms with Gasteiger partial charge in [0.2, 0.25) is 0 Å². The van der Waals surface area contributed by atoms with Gasteiger partial charge in [-0.3, -0.25) is 4.79 Å². The van der Waals surface area contributed by atoms with Gasteiger partial charge in [0.25, 0.3) is 5.91 Å². The first-order chi connectivity index (χ1) is 13.6. The van der Waals surface area contributed by atoms with Crippen molar-refractivity contribution in [3.8, 4) is 0 Å². The third-order valence-corrected chi connectivity index (χ3v) is 4.83. The minimum Gasteiger partial charge on any atom is -0.462 e. The topological polar surface area (TPSA) is 60.3 Å². The molecule has 5 nitrogen and oxygen atoms in total. The SMILES string of the molecule is CCCCn1c(C(=O)Nc2ccc(C(=O)OCC)cc2)c(C)c2ccccc21. The van der Waals surface area contributed by atoms with E-state index in [1.165, 1.54) is 0 Å². The minimum absolute atomic E-state index is 0.145. The Bertz CT molecular complexity index is 987. The molecule has 28 heavy (non-hydrogen) atoms. The quantitative estimate of drug-likeness (QED) is 0.576. The average molecular weight is 378 g/mol. The highest BCUT2D eigenvalue weighted by molar-refractivity contribution is 6.08. The highest BCUT2D eigenvalue weighted by Gasteiger charge is 2.20. The monoisotopic (exact) mass is 378 g/mol. The van der Waals surface area contributed by atoms with Crippen LogP contribution in [-0.2, 0) is 11.3 Å². The first-order valence-electron chi connectivity index (χ1n) is 9.73. The lowest BCUT2D eigenvalue weighted by Gasteiger charge is -2.12. The van der Waals surface area contributed by atoms with Crippen LogP contribution in [0.25, 0.3) is 10.9 Å². The largest absolute Gasteiger partial charge is 0.462 e. The number of hydrogen-bond acceptors (Lipinski definition) is 3. The molecule has 3 rings (SSSR count). The average Bonchev–Trinajstić information content (AvgIpc) is 2.99. The van der Waals surface area contributed by atoms with Gasteiger partial charge >= 0.3 is 5.97 Å². The molecule has 0 aliphatic carbocycles. The number of nitrogens with one attached hydrogen (secondary N) is 1. The summed E-state index contributed by atoms with van der Waals surface area (Å²) in [4.78, 5) is 24.9. The van der Waals surface area contributed by atoms with Crippen molar-refractivity contribution < 1.29 is 14.3 Å². The summed E-state index contributed by atoms with van der Waals surface area (Å²) in [6.07, 6.45) is 2.06. The summed E-state index contributed by atoms with van der Waals surface area (Å²) in [6.45, 7) is 7.04. The molecule has 0 saturated heterocycles. The summed E-state index contributed by atoms with van der Waals surface area (Å²) >= 11 is 0. The van der Waals surface area contributed by atoms with E-state index in [4.69, 9.17) is 4.74 Å². The van der Waals surface area contributed by atoms with Crippen LogP contribution in [0.5, 0.6) is 0 Å². The maximum atomic E-state index is 13.1. The maximum absolute atomic E-state index is 13.1. The van der Waals surface area contributed by atoms with Crippen LogP contribution in [0.2, 0.25) is 0 Å². The molecule has 146 valence electrons. The van der Waals surface area contributed by atoms with E-state index in [2.05, 4.69) is 28.9 Å². The molecule has 5 heteroatoms. The third-order valence-electron chi connectivity index (χ3n) is 4.83. The Labute approximate surface area is 165 Å². The molecule has 0 aliphatic heterocycles. The Hall–Kier alpha value is -3.08. The second-order valence-corrected chi connectivity index (χ2v) is 6.75. The van der Waals surface area contributed by atoms with Crippen molar-refractivity contribution in [2.45, 2.75) is 40.2 Å². The predicted molar refractivity (Wildman–Crippen MR) is 112 cm³/mol. The molecular weight excluding hydrogens is 352 g/mol. The zero-order valence-corrected chi connectivity index (χ0v) is 16.6. The van der Waals surface area contributed by atoms with Crippen molar-refractivity contribution in [3.63, 3.8) is 0 Å². The Morgan fingerprint density at radius 2 is 1.75 bits per heavy atom. The number of rotatable bonds is 7. The van der Waals surface area contributed by atoms with Crippen LogP contribution in [0.15, 0.2) is 48.5 Å². The van der Waals surface area contributed by atoms with Crippen molar-refractivity contribution >= 4 is 28.5 Å². The lowest BCUT2D eigenvalue weighted by atomic mass is 10.1. The van der Waals surface area contributed by atoms with E-state index in [9.17, 15) is 9.59 Å². The van der Waals surface area contributed by atoms with Gasteiger partial charge in [-0.2, -0.15) is 0 Å². The zero-order valence-electron chi connectivity index (χ0n) is 16.6. The Balaban J connectivity index is 1.89. The van der Waals surface area contributed by atoms with Gasteiger partial charge in [0.15, 0.2) is 0 Å². The molecule has 0 unspecified atom stereocenters. The predicted octanol–water partition coefficient (Wildman–Crippen LogP) is 5.18. The van der Waals surface area contributed by atoms with Gasteiger partial charge in [0.05, 0.1) is 12.2 Å². The van der Waals surface area contributed by atoms with Crippen LogP contribution in [0, 0.1) is 6.92 Å². The number of carbonyl (C=O) groups is 2. The summed E-state index contributed by atoms with van der Waals surface area (Å²) < 4.78 is 7.10. The second kappa shape index (κ2) is 8.74. The minimum atomic E-state index is -0.365. The van der Waals surface area contributed by atoms with E-state index < -0.39 is 0 Å². The standard InChI is InChI=1S/C23H26N2O3/c1-4-6-15-25-20-10-8-7-9-19(20)16(3)21(25)22(26)24-18-13-11-17(12-14-18)23(27)28-5-2/h7-14H,4-6,15H2,1-3H3,(H,24,26). The first kappa shape index (κ1) is 19.7. The Morgan fingerprint density at radius 1 is 1.04 bits per heavy atom. The number of nitrogens with zero attached hydrogens (tertiary/aromatic N) is 1. The van der Waals surface area contributed by atoms with Gasteiger partial charge in [-0.1, -0.05) is 31.5 Å². The highest BCUT2D eigenvalue weighted by Crippen LogP contribution is 2.27. The molecule has 0 atom stereocenters. The fraction of sp³-hybridized carbons (Fsp3) is 0.304. The van der Waals surface area contributed by atoms with Crippen molar-refractivity contribution in [2.24, 2.45) is 0 Å². The van der Waals surface area contributed by atoms with Gasteiger partial charge in [0.1, 0.15) is 5.69 Å². The normalized spacial score (nSPS) is 10.8. The summed E-state index contributed by atoms with van der Waals surface area (Å²) in [7, 11) is 0. The van der Waals surface area contributed by atoms with Crippen molar-refractivity contribution in [1.82, 2.24) is 4.57 Å². The number of anilines is 1. The van der Waals surface area contributed by atoms with Crippen LogP contribution in [0.4, 0.5) is 5.69 Å². The molecule has 0 spiro atoms. The zero-order chi connectivity index (χ0) is 20.1. The van der Waals surface area contributed by atoms with E-state index in [0.717, 1.165) is 35.9 Å². The number of fused-ring (bicyclic) bond motifs is 1. The Kier molecular flexibility index (Phi) is 6.14. The van der Waals surface area contributed by atoms with E-state index in [1.54, 1.807) is 31.2 Å². The van der Waals surface area contributed by atoms with Gasteiger partial charge < -0.3 is 14.6 Å². The smallest absolute Gasteiger partial charge is 0.338 e. The number of aromatic nitrogens is 1. The molecule has 1 heterocycles. The molecule has 0 saturated carbocycles. The number of carbonyl (C=O) groups excluding carboxylic acids is 2. The number of aryl methyl sites for hydroxylation is 2. The van der Waals surface area contributed by atoms with Gasteiger partial charge in [-0.15, -0.1) is 0 Å². The molecule has 0 bridgehead atoms. The molecule has 1 amide bonds.